The number of amides is 1. The first-order valence-corrected chi connectivity index (χ1v) is 6.50. The van der Waals surface area contributed by atoms with Gasteiger partial charge in [-0.3, -0.25) is 9.59 Å². The lowest BCUT2D eigenvalue weighted by molar-refractivity contribution is -0.123. The monoisotopic (exact) mass is 261 g/mol. The van der Waals surface area contributed by atoms with E-state index < -0.39 is 12.1 Å². The van der Waals surface area contributed by atoms with E-state index in [0.29, 0.717) is 18.8 Å². The number of nitrogens with one attached hydrogen (secondary N) is 1. The lowest BCUT2D eigenvalue weighted by Crippen LogP contribution is -2.47. The van der Waals surface area contributed by atoms with Crippen molar-refractivity contribution in [3.63, 3.8) is 0 Å². The SMILES string of the molecule is CC(C)CC(N)C(=O)N[C@H]([C]=O)Cc1ccccc1. The van der Waals surface area contributed by atoms with Gasteiger partial charge in [0.25, 0.3) is 0 Å². The molecule has 0 aliphatic rings. The second-order valence-electron chi connectivity index (χ2n) is 5.10. The summed E-state index contributed by atoms with van der Waals surface area (Å²) < 4.78 is 0. The summed E-state index contributed by atoms with van der Waals surface area (Å²) in [5.74, 6) is 0.0477. The molecular weight excluding hydrogens is 240 g/mol. The highest BCUT2D eigenvalue weighted by molar-refractivity contribution is 5.84. The molecule has 0 heterocycles. The maximum atomic E-state index is 11.8. The molecule has 0 saturated carbocycles. The van der Waals surface area contributed by atoms with E-state index >= 15 is 0 Å². The van der Waals surface area contributed by atoms with Gasteiger partial charge in [-0.1, -0.05) is 44.2 Å². The van der Waals surface area contributed by atoms with Crippen LogP contribution < -0.4 is 11.1 Å². The van der Waals surface area contributed by atoms with Crippen molar-refractivity contribution in [3.05, 3.63) is 35.9 Å². The third-order valence-corrected chi connectivity index (χ3v) is 2.80. The normalized spacial score (nSPS) is 13.9. The van der Waals surface area contributed by atoms with Gasteiger partial charge in [-0.05, 0) is 17.9 Å². The van der Waals surface area contributed by atoms with Gasteiger partial charge in [-0.2, -0.15) is 0 Å². The van der Waals surface area contributed by atoms with Crippen LogP contribution in [0.3, 0.4) is 0 Å². The predicted octanol–water partition coefficient (Wildman–Crippen LogP) is 1.20. The highest BCUT2D eigenvalue weighted by Gasteiger charge is 2.19. The van der Waals surface area contributed by atoms with Gasteiger partial charge in [0.05, 0.1) is 12.1 Å². The number of benzene rings is 1. The third kappa shape index (κ3) is 5.66. The number of rotatable bonds is 7. The zero-order chi connectivity index (χ0) is 14.3. The van der Waals surface area contributed by atoms with Crippen molar-refractivity contribution in [2.75, 3.05) is 0 Å². The smallest absolute Gasteiger partial charge is 0.237 e. The molecule has 0 aromatic heterocycles. The number of carbonyl (C=O) groups is 1. The summed E-state index contributed by atoms with van der Waals surface area (Å²) in [7, 11) is 0. The third-order valence-electron chi connectivity index (χ3n) is 2.80. The fourth-order valence-corrected chi connectivity index (χ4v) is 1.87. The Labute approximate surface area is 114 Å². The van der Waals surface area contributed by atoms with Crippen LogP contribution in [-0.2, 0) is 16.0 Å². The Hall–Kier alpha value is -1.68. The van der Waals surface area contributed by atoms with E-state index in [2.05, 4.69) is 5.32 Å². The highest BCUT2D eigenvalue weighted by atomic mass is 16.2. The van der Waals surface area contributed by atoms with Crippen molar-refractivity contribution in [1.29, 1.82) is 0 Å². The van der Waals surface area contributed by atoms with E-state index in [9.17, 15) is 9.59 Å². The standard InChI is InChI=1S/C15H21N2O2/c1-11(2)8-14(16)15(19)17-13(10-18)9-12-6-4-3-5-7-12/h3-7,11,13-14H,8-9,16H2,1-2H3,(H,17,19)/t13-,14?/m0/s1. The summed E-state index contributed by atoms with van der Waals surface area (Å²) in [4.78, 5) is 22.7. The Kier molecular flexibility index (Phi) is 6.22. The summed E-state index contributed by atoms with van der Waals surface area (Å²) in [5.41, 5.74) is 6.75. The summed E-state index contributed by atoms with van der Waals surface area (Å²) in [5, 5.41) is 2.63. The minimum Gasteiger partial charge on any atom is -0.344 e. The first kappa shape index (κ1) is 15.4. The van der Waals surface area contributed by atoms with Gasteiger partial charge in [0.2, 0.25) is 12.2 Å². The summed E-state index contributed by atoms with van der Waals surface area (Å²) in [6, 6.07) is 8.28. The zero-order valence-electron chi connectivity index (χ0n) is 11.4. The molecule has 0 saturated heterocycles. The van der Waals surface area contributed by atoms with Crippen LogP contribution in [0.15, 0.2) is 30.3 Å². The molecule has 2 atom stereocenters. The van der Waals surface area contributed by atoms with Crippen LogP contribution in [0.1, 0.15) is 25.8 Å². The van der Waals surface area contributed by atoms with E-state index in [0.717, 1.165) is 5.56 Å². The molecule has 4 nitrogen and oxygen atoms in total. The Morgan fingerprint density at radius 2 is 1.95 bits per heavy atom. The second kappa shape index (κ2) is 7.69. The minimum atomic E-state index is -0.645. The molecule has 1 aromatic carbocycles. The molecule has 4 heteroatoms. The predicted molar refractivity (Wildman–Crippen MR) is 75.2 cm³/mol. The molecule has 1 unspecified atom stereocenters. The Bertz CT molecular complexity index is 404. The molecular formula is C15H21N2O2. The van der Waals surface area contributed by atoms with Crippen LogP contribution in [0.4, 0.5) is 0 Å². The van der Waals surface area contributed by atoms with Crippen LogP contribution in [0, 0.1) is 5.92 Å². The van der Waals surface area contributed by atoms with Crippen molar-refractivity contribution >= 4 is 12.2 Å². The summed E-state index contributed by atoms with van der Waals surface area (Å²) in [6.45, 7) is 4.00. The fraction of sp³-hybridized carbons (Fsp3) is 0.467. The number of nitrogens with two attached hydrogens (primary N) is 1. The highest BCUT2D eigenvalue weighted by Crippen LogP contribution is 2.05. The average Bonchev–Trinajstić information content (AvgIpc) is 2.38. The van der Waals surface area contributed by atoms with Crippen molar-refractivity contribution in [2.24, 2.45) is 11.7 Å². The van der Waals surface area contributed by atoms with Gasteiger partial charge in [0.1, 0.15) is 0 Å². The van der Waals surface area contributed by atoms with Crippen molar-refractivity contribution < 1.29 is 9.59 Å². The van der Waals surface area contributed by atoms with Gasteiger partial charge < -0.3 is 11.1 Å². The topological polar surface area (TPSA) is 72.2 Å². The molecule has 1 amide bonds. The van der Waals surface area contributed by atoms with E-state index in [1.165, 1.54) is 0 Å². The largest absolute Gasteiger partial charge is 0.344 e. The lowest BCUT2D eigenvalue weighted by Gasteiger charge is -2.17. The molecule has 3 N–H and O–H groups in total. The van der Waals surface area contributed by atoms with Crippen molar-refractivity contribution in [2.45, 2.75) is 38.8 Å². The molecule has 19 heavy (non-hydrogen) atoms. The first-order chi connectivity index (χ1) is 9.02. The van der Waals surface area contributed by atoms with Crippen LogP contribution >= 0.6 is 0 Å². The zero-order valence-corrected chi connectivity index (χ0v) is 11.4. The van der Waals surface area contributed by atoms with Gasteiger partial charge >= 0.3 is 0 Å². The Morgan fingerprint density at radius 3 is 2.47 bits per heavy atom. The molecule has 0 bridgehead atoms. The molecule has 1 rings (SSSR count). The second-order valence-corrected chi connectivity index (χ2v) is 5.10. The summed E-state index contributed by atoms with van der Waals surface area (Å²) >= 11 is 0. The molecule has 0 spiro atoms. The summed E-state index contributed by atoms with van der Waals surface area (Å²) in [6.07, 6.45) is 2.89. The van der Waals surface area contributed by atoms with Crippen molar-refractivity contribution in [1.82, 2.24) is 5.32 Å². The molecule has 1 aromatic rings. The van der Waals surface area contributed by atoms with Gasteiger partial charge in [-0.15, -0.1) is 0 Å². The average molecular weight is 261 g/mol. The first-order valence-electron chi connectivity index (χ1n) is 6.50. The van der Waals surface area contributed by atoms with E-state index in [1.54, 1.807) is 0 Å². The lowest BCUT2D eigenvalue weighted by atomic mass is 10.0. The number of hydrogen-bond acceptors (Lipinski definition) is 3. The fourth-order valence-electron chi connectivity index (χ4n) is 1.87. The molecule has 0 fully saturated rings. The number of hydrogen-bond donors (Lipinski definition) is 2. The molecule has 103 valence electrons. The Balaban J connectivity index is 2.52. The van der Waals surface area contributed by atoms with Crippen LogP contribution in [-0.4, -0.2) is 24.3 Å². The number of carbonyl (C=O) groups excluding carboxylic acids is 2. The molecule has 0 aliphatic heterocycles. The van der Waals surface area contributed by atoms with Crippen LogP contribution in [0.5, 0.6) is 0 Å². The van der Waals surface area contributed by atoms with E-state index in [-0.39, 0.29) is 5.91 Å². The maximum Gasteiger partial charge on any atom is 0.237 e. The minimum absolute atomic E-state index is 0.294. The van der Waals surface area contributed by atoms with E-state index in [4.69, 9.17) is 5.73 Å². The van der Waals surface area contributed by atoms with Crippen LogP contribution in [0.25, 0.3) is 0 Å². The van der Waals surface area contributed by atoms with Gasteiger partial charge in [0.15, 0.2) is 0 Å². The molecule has 0 aliphatic carbocycles. The molecule has 1 radical (unpaired) electrons. The quantitative estimate of drug-likeness (QED) is 0.774. The van der Waals surface area contributed by atoms with Gasteiger partial charge in [0, 0.05) is 6.42 Å². The van der Waals surface area contributed by atoms with Crippen LogP contribution in [0.2, 0.25) is 0 Å². The van der Waals surface area contributed by atoms with Gasteiger partial charge in [-0.25, -0.2) is 0 Å². The van der Waals surface area contributed by atoms with E-state index in [1.807, 2.05) is 50.5 Å². The Morgan fingerprint density at radius 1 is 1.32 bits per heavy atom. The van der Waals surface area contributed by atoms with Crippen molar-refractivity contribution in [3.8, 4) is 0 Å². The maximum absolute atomic E-state index is 11.8.